The molecule has 1 aromatic rings. The number of ether oxygens (including phenoxy) is 1. The van der Waals surface area contributed by atoms with E-state index in [0.29, 0.717) is 24.2 Å². The third-order valence-corrected chi connectivity index (χ3v) is 6.90. The largest absolute Gasteiger partial charge is 0.449 e. The van der Waals surface area contributed by atoms with E-state index in [4.69, 9.17) is 4.74 Å². The molecule has 2 aliphatic heterocycles. The van der Waals surface area contributed by atoms with Crippen LogP contribution in [0.25, 0.3) is 0 Å². The Kier molecular flexibility index (Phi) is 3.10. The molecule has 0 aromatic heterocycles. The zero-order valence-corrected chi connectivity index (χ0v) is 13.9. The van der Waals surface area contributed by atoms with Crippen molar-refractivity contribution in [3.8, 4) is 0 Å². The van der Waals surface area contributed by atoms with Gasteiger partial charge in [0.2, 0.25) is 0 Å². The SMILES string of the molecule is Cc1ccc(S(=O)(=O)N2CCC3=C2C2(CCCC2)OC3=O)cc1. The number of hydrogen-bond acceptors (Lipinski definition) is 4. The zero-order chi connectivity index (χ0) is 16.2. The van der Waals surface area contributed by atoms with E-state index in [2.05, 4.69) is 0 Å². The molecular formula is C17H19NO4S. The van der Waals surface area contributed by atoms with Crippen molar-refractivity contribution in [2.75, 3.05) is 6.54 Å². The predicted molar refractivity (Wildman–Crippen MR) is 84.0 cm³/mol. The Morgan fingerprint density at radius 2 is 1.78 bits per heavy atom. The van der Waals surface area contributed by atoms with Crippen LogP contribution in [-0.2, 0) is 19.6 Å². The van der Waals surface area contributed by atoms with E-state index in [9.17, 15) is 13.2 Å². The zero-order valence-electron chi connectivity index (χ0n) is 13.0. The molecule has 0 bridgehead atoms. The summed E-state index contributed by atoms with van der Waals surface area (Å²) in [7, 11) is -3.65. The molecule has 6 heteroatoms. The number of fused-ring (bicyclic) bond motifs is 1. The van der Waals surface area contributed by atoms with Crippen molar-refractivity contribution in [2.45, 2.75) is 49.5 Å². The normalized spacial score (nSPS) is 22.8. The summed E-state index contributed by atoms with van der Waals surface area (Å²) in [6.45, 7) is 2.25. The van der Waals surface area contributed by atoms with Crippen LogP contribution >= 0.6 is 0 Å². The number of carbonyl (C=O) groups excluding carboxylic acids is 1. The lowest BCUT2D eigenvalue weighted by atomic mass is 9.97. The smallest absolute Gasteiger partial charge is 0.336 e. The van der Waals surface area contributed by atoms with Crippen molar-refractivity contribution in [2.24, 2.45) is 0 Å². The molecular weight excluding hydrogens is 314 g/mol. The van der Waals surface area contributed by atoms with Gasteiger partial charge < -0.3 is 4.74 Å². The minimum Gasteiger partial charge on any atom is -0.449 e. The van der Waals surface area contributed by atoms with Crippen LogP contribution in [0.15, 0.2) is 40.4 Å². The minimum atomic E-state index is -3.65. The van der Waals surface area contributed by atoms with E-state index >= 15 is 0 Å². The maximum atomic E-state index is 13.1. The first-order valence-corrected chi connectivity index (χ1v) is 9.44. The monoisotopic (exact) mass is 333 g/mol. The van der Waals surface area contributed by atoms with Gasteiger partial charge in [0.05, 0.1) is 16.2 Å². The number of esters is 1. The van der Waals surface area contributed by atoms with Crippen molar-refractivity contribution in [1.29, 1.82) is 0 Å². The molecule has 1 aromatic carbocycles. The van der Waals surface area contributed by atoms with Gasteiger partial charge >= 0.3 is 5.97 Å². The maximum Gasteiger partial charge on any atom is 0.336 e. The molecule has 0 radical (unpaired) electrons. The highest BCUT2D eigenvalue weighted by Crippen LogP contribution is 2.50. The van der Waals surface area contributed by atoms with Gasteiger partial charge in [-0.25, -0.2) is 13.2 Å². The van der Waals surface area contributed by atoms with Crippen LogP contribution in [-0.4, -0.2) is 30.8 Å². The topological polar surface area (TPSA) is 63.7 Å². The fourth-order valence-electron chi connectivity index (χ4n) is 3.95. The fraction of sp³-hybridized carbons (Fsp3) is 0.471. The number of sulfonamides is 1. The molecule has 5 nitrogen and oxygen atoms in total. The molecule has 3 aliphatic rings. The van der Waals surface area contributed by atoms with Crippen molar-refractivity contribution in [3.63, 3.8) is 0 Å². The first-order valence-electron chi connectivity index (χ1n) is 8.00. The molecule has 1 saturated carbocycles. The summed E-state index contributed by atoms with van der Waals surface area (Å²) in [6, 6.07) is 6.84. The van der Waals surface area contributed by atoms with Crippen molar-refractivity contribution in [3.05, 3.63) is 41.1 Å². The molecule has 0 saturated heterocycles. The van der Waals surface area contributed by atoms with Gasteiger partial charge in [0.15, 0.2) is 5.60 Å². The summed E-state index contributed by atoms with van der Waals surface area (Å²) in [5.41, 5.74) is 1.47. The average Bonchev–Trinajstić information content (AvgIpc) is 3.19. The average molecular weight is 333 g/mol. The molecule has 1 fully saturated rings. The van der Waals surface area contributed by atoms with E-state index in [1.165, 1.54) is 4.31 Å². The lowest BCUT2D eigenvalue weighted by molar-refractivity contribution is -0.147. The highest BCUT2D eigenvalue weighted by Gasteiger charge is 2.55. The van der Waals surface area contributed by atoms with Crippen LogP contribution in [0.3, 0.4) is 0 Å². The van der Waals surface area contributed by atoms with Crippen molar-refractivity contribution in [1.82, 2.24) is 4.31 Å². The predicted octanol–water partition coefficient (Wildman–Crippen LogP) is 2.51. The van der Waals surface area contributed by atoms with Gasteiger partial charge in [-0.3, -0.25) is 4.31 Å². The number of aryl methyl sites for hydroxylation is 1. The number of rotatable bonds is 2. The van der Waals surface area contributed by atoms with E-state index < -0.39 is 15.6 Å². The number of hydrogen-bond donors (Lipinski definition) is 0. The summed E-state index contributed by atoms with van der Waals surface area (Å²) in [5, 5.41) is 0. The number of benzene rings is 1. The van der Waals surface area contributed by atoms with Gasteiger partial charge in [-0.2, -0.15) is 0 Å². The van der Waals surface area contributed by atoms with Crippen LogP contribution in [0.1, 0.15) is 37.7 Å². The molecule has 122 valence electrons. The second kappa shape index (κ2) is 4.84. The summed E-state index contributed by atoms with van der Waals surface area (Å²) >= 11 is 0. The molecule has 0 N–H and O–H groups in total. The Bertz CT molecular complexity index is 802. The summed E-state index contributed by atoms with van der Waals surface area (Å²) < 4.78 is 33.2. The van der Waals surface area contributed by atoms with Crippen molar-refractivity contribution < 1.29 is 17.9 Å². The lowest BCUT2D eigenvalue weighted by Crippen LogP contribution is -2.40. The first-order chi connectivity index (χ1) is 10.9. The summed E-state index contributed by atoms with van der Waals surface area (Å²) in [5.74, 6) is -0.330. The van der Waals surface area contributed by atoms with Crippen LogP contribution in [0.2, 0.25) is 0 Å². The molecule has 0 atom stereocenters. The second-order valence-corrected chi connectivity index (χ2v) is 8.42. The van der Waals surface area contributed by atoms with E-state index in [-0.39, 0.29) is 10.9 Å². The van der Waals surface area contributed by atoms with Gasteiger partial charge in [0.1, 0.15) is 0 Å². The third kappa shape index (κ3) is 2.04. The van der Waals surface area contributed by atoms with E-state index in [1.807, 2.05) is 6.92 Å². The Hall–Kier alpha value is -1.82. The Morgan fingerprint density at radius 3 is 2.43 bits per heavy atom. The van der Waals surface area contributed by atoms with Gasteiger partial charge in [-0.15, -0.1) is 0 Å². The standard InChI is InChI=1S/C17H19NO4S/c1-12-4-6-13(7-5-12)23(20,21)18-11-8-14-15(18)17(22-16(14)19)9-2-3-10-17/h4-7H,2-3,8-11H2,1H3. The summed E-state index contributed by atoms with van der Waals surface area (Å²) in [6.07, 6.45) is 3.81. The molecule has 0 unspecified atom stereocenters. The second-order valence-electron chi connectivity index (χ2n) is 6.56. The summed E-state index contributed by atoms with van der Waals surface area (Å²) in [4.78, 5) is 12.4. The van der Waals surface area contributed by atoms with Crippen LogP contribution in [0.5, 0.6) is 0 Å². The molecule has 4 rings (SSSR count). The Morgan fingerprint density at radius 1 is 1.13 bits per heavy atom. The maximum absolute atomic E-state index is 13.1. The minimum absolute atomic E-state index is 0.268. The van der Waals surface area contributed by atoms with E-state index in [1.54, 1.807) is 24.3 Å². The van der Waals surface area contributed by atoms with Gasteiger partial charge in [-0.1, -0.05) is 17.7 Å². The highest BCUT2D eigenvalue weighted by molar-refractivity contribution is 7.89. The molecule has 1 spiro atoms. The van der Waals surface area contributed by atoms with Crippen LogP contribution < -0.4 is 0 Å². The molecule has 23 heavy (non-hydrogen) atoms. The Labute approximate surface area is 136 Å². The molecule has 2 heterocycles. The third-order valence-electron chi connectivity index (χ3n) is 5.09. The van der Waals surface area contributed by atoms with Gasteiger partial charge in [-0.05, 0) is 44.7 Å². The Balaban J connectivity index is 1.79. The van der Waals surface area contributed by atoms with E-state index in [0.717, 1.165) is 31.2 Å². The lowest BCUT2D eigenvalue weighted by Gasteiger charge is -2.32. The number of carbonyl (C=O) groups is 1. The van der Waals surface area contributed by atoms with Crippen molar-refractivity contribution >= 4 is 16.0 Å². The highest BCUT2D eigenvalue weighted by atomic mass is 32.2. The van der Waals surface area contributed by atoms with Gasteiger partial charge in [0, 0.05) is 13.0 Å². The van der Waals surface area contributed by atoms with Crippen LogP contribution in [0.4, 0.5) is 0 Å². The number of nitrogens with zero attached hydrogens (tertiary/aromatic N) is 1. The van der Waals surface area contributed by atoms with Gasteiger partial charge in [0.25, 0.3) is 10.0 Å². The molecule has 0 amide bonds. The quantitative estimate of drug-likeness (QED) is 0.780. The van der Waals surface area contributed by atoms with Crippen LogP contribution in [0, 0.1) is 6.92 Å². The fourth-order valence-corrected chi connectivity index (χ4v) is 5.53. The molecule has 1 aliphatic carbocycles. The first kappa shape index (κ1) is 14.8.